The van der Waals surface area contributed by atoms with Gasteiger partial charge in [-0.05, 0) is 32.1 Å². The molecular formula is C16H34O4. The Kier molecular flexibility index (Phi) is 10.5. The van der Waals surface area contributed by atoms with Crippen LogP contribution in [0.3, 0.4) is 0 Å². The van der Waals surface area contributed by atoms with Gasteiger partial charge in [-0.1, -0.05) is 40.0 Å². The molecule has 4 N–H and O–H groups in total. The minimum absolute atomic E-state index is 0.0122. The van der Waals surface area contributed by atoms with Crippen molar-refractivity contribution < 1.29 is 20.4 Å². The maximum Gasteiger partial charge on any atom is 0.0646 e. The van der Waals surface area contributed by atoms with Crippen molar-refractivity contribution >= 4 is 0 Å². The summed E-state index contributed by atoms with van der Waals surface area (Å²) >= 11 is 0. The van der Waals surface area contributed by atoms with Gasteiger partial charge in [-0.15, -0.1) is 0 Å². The van der Waals surface area contributed by atoms with Crippen molar-refractivity contribution in [1.29, 1.82) is 0 Å². The van der Waals surface area contributed by atoms with Gasteiger partial charge in [0.15, 0.2) is 0 Å². The second-order valence-corrected chi connectivity index (χ2v) is 5.85. The summed E-state index contributed by atoms with van der Waals surface area (Å²) in [5, 5.41) is 40.9. The van der Waals surface area contributed by atoms with Gasteiger partial charge in [0.1, 0.15) is 0 Å². The van der Waals surface area contributed by atoms with Gasteiger partial charge in [0.25, 0.3) is 0 Å². The summed E-state index contributed by atoms with van der Waals surface area (Å²) in [6, 6.07) is 0. The van der Waals surface area contributed by atoms with Gasteiger partial charge >= 0.3 is 0 Å². The monoisotopic (exact) mass is 290 g/mol. The second kappa shape index (κ2) is 10.6. The molecular weight excluding hydrogens is 256 g/mol. The Hall–Kier alpha value is -0.160. The third kappa shape index (κ3) is 4.99. The fourth-order valence-corrected chi connectivity index (χ4v) is 3.18. The van der Waals surface area contributed by atoms with E-state index in [0.29, 0.717) is 32.1 Å². The lowest BCUT2D eigenvalue weighted by atomic mass is 9.66. The minimum atomic E-state index is -0.912. The maximum absolute atomic E-state index is 10.6. The fourth-order valence-electron chi connectivity index (χ4n) is 3.18. The van der Waals surface area contributed by atoms with E-state index in [1.165, 1.54) is 0 Å². The summed E-state index contributed by atoms with van der Waals surface area (Å²) in [4.78, 5) is 0. The molecule has 0 aromatic carbocycles. The molecule has 4 nitrogen and oxygen atoms in total. The van der Waals surface area contributed by atoms with E-state index in [1.807, 2.05) is 20.8 Å². The number of hydrogen-bond donors (Lipinski definition) is 4. The fraction of sp³-hybridized carbons (Fsp3) is 1.00. The summed E-state index contributed by atoms with van der Waals surface area (Å²) in [5.41, 5.74) is -0.912. The molecule has 3 atom stereocenters. The zero-order valence-electron chi connectivity index (χ0n) is 13.4. The summed E-state index contributed by atoms with van der Waals surface area (Å²) < 4.78 is 0. The highest BCUT2D eigenvalue weighted by molar-refractivity contribution is 4.97. The third-order valence-electron chi connectivity index (χ3n) is 4.32. The third-order valence-corrected chi connectivity index (χ3v) is 4.32. The second-order valence-electron chi connectivity index (χ2n) is 5.85. The molecule has 0 aliphatic heterocycles. The summed E-state index contributed by atoms with van der Waals surface area (Å²) in [6.07, 6.45) is 2.84. The first-order valence-electron chi connectivity index (χ1n) is 8.16. The van der Waals surface area contributed by atoms with Gasteiger partial charge in [-0.25, -0.2) is 0 Å². The molecule has 0 amide bonds. The first kappa shape index (κ1) is 19.8. The largest absolute Gasteiger partial charge is 0.396 e. The van der Waals surface area contributed by atoms with Crippen molar-refractivity contribution in [1.82, 2.24) is 0 Å². The van der Waals surface area contributed by atoms with Gasteiger partial charge < -0.3 is 20.4 Å². The van der Waals surface area contributed by atoms with Crippen LogP contribution in [0.15, 0.2) is 0 Å². The first-order valence-corrected chi connectivity index (χ1v) is 8.16. The zero-order chi connectivity index (χ0) is 15.6. The van der Waals surface area contributed by atoms with E-state index in [1.54, 1.807) is 0 Å². The predicted molar refractivity (Wildman–Crippen MR) is 81.5 cm³/mol. The van der Waals surface area contributed by atoms with Crippen molar-refractivity contribution in [3.05, 3.63) is 0 Å². The standard InChI is InChI=1S/C16H34O4/c1-4-8-13(18)16(11-7-12-17,14(19)9-5-2)15(20)10-6-3/h13-15,17-20H,4-12H2,1-3H3. The average Bonchev–Trinajstić information content (AvgIpc) is 2.40. The maximum atomic E-state index is 10.6. The average molecular weight is 290 g/mol. The molecule has 20 heavy (non-hydrogen) atoms. The van der Waals surface area contributed by atoms with Gasteiger partial charge in [-0.3, -0.25) is 0 Å². The molecule has 0 heterocycles. The summed E-state index contributed by atoms with van der Waals surface area (Å²) in [6.45, 7) is 5.97. The van der Waals surface area contributed by atoms with Crippen molar-refractivity contribution in [3.63, 3.8) is 0 Å². The quantitative estimate of drug-likeness (QED) is 0.444. The van der Waals surface area contributed by atoms with Crippen LogP contribution in [0.2, 0.25) is 0 Å². The Bertz CT molecular complexity index is 201. The molecule has 0 saturated heterocycles. The van der Waals surface area contributed by atoms with Crippen LogP contribution in [0.25, 0.3) is 0 Å². The molecule has 0 aliphatic carbocycles. The van der Waals surface area contributed by atoms with Gasteiger partial charge in [-0.2, -0.15) is 0 Å². The van der Waals surface area contributed by atoms with E-state index >= 15 is 0 Å². The molecule has 0 aromatic heterocycles. The Labute approximate surface area is 123 Å². The van der Waals surface area contributed by atoms with Crippen LogP contribution in [-0.4, -0.2) is 45.3 Å². The Morgan fingerprint density at radius 3 is 1.35 bits per heavy atom. The Morgan fingerprint density at radius 1 is 0.750 bits per heavy atom. The number of rotatable bonds is 12. The van der Waals surface area contributed by atoms with Crippen LogP contribution < -0.4 is 0 Å². The molecule has 4 heteroatoms. The lowest BCUT2D eigenvalue weighted by molar-refractivity contribution is -0.151. The molecule has 3 unspecified atom stereocenters. The highest BCUT2D eigenvalue weighted by Gasteiger charge is 2.48. The number of hydrogen-bond acceptors (Lipinski definition) is 4. The van der Waals surface area contributed by atoms with Crippen molar-refractivity contribution in [2.24, 2.45) is 5.41 Å². The van der Waals surface area contributed by atoms with Crippen molar-refractivity contribution in [2.45, 2.75) is 90.4 Å². The summed E-state index contributed by atoms with van der Waals surface area (Å²) in [5.74, 6) is 0. The smallest absolute Gasteiger partial charge is 0.0646 e. The van der Waals surface area contributed by atoms with E-state index < -0.39 is 23.7 Å². The summed E-state index contributed by atoms with van der Waals surface area (Å²) in [7, 11) is 0. The van der Waals surface area contributed by atoms with Crippen molar-refractivity contribution in [3.8, 4) is 0 Å². The molecule has 0 rings (SSSR count). The van der Waals surface area contributed by atoms with Crippen LogP contribution >= 0.6 is 0 Å². The van der Waals surface area contributed by atoms with Crippen LogP contribution in [0.4, 0.5) is 0 Å². The van der Waals surface area contributed by atoms with E-state index in [0.717, 1.165) is 19.3 Å². The number of aliphatic hydroxyl groups is 4. The van der Waals surface area contributed by atoms with Gasteiger partial charge in [0, 0.05) is 12.0 Å². The SMILES string of the molecule is CCCC(O)C(CCCO)(C(O)CCC)C(O)CCC. The van der Waals surface area contributed by atoms with E-state index in [4.69, 9.17) is 5.11 Å². The van der Waals surface area contributed by atoms with Gasteiger partial charge in [0.2, 0.25) is 0 Å². The molecule has 0 aromatic rings. The highest BCUT2D eigenvalue weighted by atomic mass is 16.3. The zero-order valence-corrected chi connectivity index (χ0v) is 13.4. The topological polar surface area (TPSA) is 80.9 Å². The molecule has 0 aliphatic rings. The highest BCUT2D eigenvalue weighted by Crippen LogP contribution is 2.41. The Balaban J connectivity index is 5.35. The lowest BCUT2D eigenvalue weighted by Gasteiger charge is -2.45. The van der Waals surface area contributed by atoms with E-state index in [2.05, 4.69) is 0 Å². The predicted octanol–water partition coefficient (Wildman–Crippen LogP) is 2.23. The van der Waals surface area contributed by atoms with Crippen LogP contribution in [0.1, 0.15) is 72.1 Å². The molecule has 0 saturated carbocycles. The van der Waals surface area contributed by atoms with E-state index in [9.17, 15) is 15.3 Å². The normalized spacial score (nSPS) is 19.4. The lowest BCUT2D eigenvalue weighted by Crippen LogP contribution is -2.53. The van der Waals surface area contributed by atoms with Crippen molar-refractivity contribution in [2.75, 3.05) is 6.61 Å². The molecule has 0 spiro atoms. The number of aliphatic hydroxyl groups excluding tert-OH is 4. The Morgan fingerprint density at radius 2 is 1.10 bits per heavy atom. The minimum Gasteiger partial charge on any atom is -0.396 e. The van der Waals surface area contributed by atoms with Crippen LogP contribution in [0, 0.1) is 5.41 Å². The first-order chi connectivity index (χ1) is 9.50. The van der Waals surface area contributed by atoms with E-state index in [-0.39, 0.29) is 6.61 Å². The molecule has 0 radical (unpaired) electrons. The molecule has 0 fully saturated rings. The van der Waals surface area contributed by atoms with Crippen LogP contribution in [0.5, 0.6) is 0 Å². The van der Waals surface area contributed by atoms with Crippen LogP contribution in [-0.2, 0) is 0 Å². The van der Waals surface area contributed by atoms with Gasteiger partial charge in [0.05, 0.1) is 18.3 Å². The molecule has 0 bridgehead atoms. The molecule has 122 valence electrons.